The Hall–Kier alpha value is -3.85. The number of allylic oxidation sites excluding steroid dienone is 2. The summed E-state index contributed by atoms with van der Waals surface area (Å²) in [6.07, 6.45) is 9.90. The molecule has 1 aromatic carbocycles. The fraction of sp³-hybridized carbons (Fsp3) is 0.250. The lowest BCUT2D eigenvalue weighted by Crippen LogP contribution is -2.30. The van der Waals surface area contributed by atoms with E-state index in [0.717, 1.165) is 12.8 Å². The highest BCUT2D eigenvalue weighted by Gasteiger charge is 2.22. The molecule has 1 aliphatic carbocycles. The summed E-state index contributed by atoms with van der Waals surface area (Å²) in [6, 6.07) is 12.0. The van der Waals surface area contributed by atoms with Crippen LogP contribution in [0, 0.1) is 0 Å². The molecule has 9 heteroatoms. The number of rotatable bonds is 2. The maximum absolute atomic E-state index is 13.9. The largest absolute Gasteiger partial charge is 0.381 e. The zero-order valence-electron chi connectivity index (χ0n) is 17.9. The van der Waals surface area contributed by atoms with E-state index in [1.807, 2.05) is 42.5 Å². The summed E-state index contributed by atoms with van der Waals surface area (Å²) in [6.45, 7) is 1.24. The van der Waals surface area contributed by atoms with Crippen molar-refractivity contribution in [3.8, 4) is 5.95 Å². The van der Waals surface area contributed by atoms with Crippen molar-refractivity contribution < 1.29 is 10.6 Å². The fourth-order valence-corrected chi connectivity index (χ4v) is 3.99. The van der Waals surface area contributed by atoms with Gasteiger partial charge in [0.05, 0.1) is 16.9 Å². The summed E-state index contributed by atoms with van der Waals surface area (Å²) in [5.41, 5.74) is 0.901. The van der Waals surface area contributed by atoms with Crippen LogP contribution in [0.25, 0.3) is 29.3 Å². The summed E-state index contributed by atoms with van der Waals surface area (Å²) < 4.78 is 22.6. The first-order valence-electron chi connectivity index (χ1n) is 10.9. The van der Waals surface area contributed by atoms with E-state index in [1.54, 1.807) is 21.7 Å². The minimum absolute atomic E-state index is 0. The number of fused-ring (bicyclic) bond motifs is 2. The van der Waals surface area contributed by atoms with Gasteiger partial charge >= 0.3 is 5.69 Å². The van der Waals surface area contributed by atoms with Gasteiger partial charge in [0.25, 0.3) is 0 Å². The molecule has 1 aliphatic heterocycles. The highest BCUT2D eigenvalue weighted by molar-refractivity contribution is 5.70. The molecule has 1 saturated heterocycles. The summed E-state index contributed by atoms with van der Waals surface area (Å²) >= 11 is 0. The van der Waals surface area contributed by atoms with Crippen molar-refractivity contribution in [3.05, 3.63) is 82.0 Å². The summed E-state index contributed by atoms with van der Waals surface area (Å²) in [7, 11) is 0. The van der Waals surface area contributed by atoms with E-state index in [-0.39, 0.29) is 19.0 Å². The van der Waals surface area contributed by atoms with Gasteiger partial charge in [0.15, 0.2) is 5.65 Å². The topological polar surface area (TPSA) is 90.6 Å². The summed E-state index contributed by atoms with van der Waals surface area (Å²) in [5.74, 6) is 0.0176. The second kappa shape index (κ2) is 9.33. The molecule has 1 N–H and O–H groups in total. The number of aromatic nitrogens is 6. The van der Waals surface area contributed by atoms with Crippen LogP contribution in [0.4, 0.5) is 4.39 Å². The standard InChI is InChI=1S/C18H17FN6O2.C6H6.H2/c19-11-2-1-3-13-15(8-11)24(10-21-13)17-20-9-14-16(23-17)25(18(26)22-14)12-4-6-27-7-5-12;1-2-4-6-5-3-1;/h2-3,8-10,12H,1,4-7H2,(H,22,26);1-6H;1H. The Morgan fingerprint density at radius 3 is 2.52 bits per heavy atom. The van der Waals surface area contributed by atoms with E-state index in [4.69, 9.17) is 4.74 Å². The van der Waals surface area contributed by atoms with Crippen LogP contribution in [0.5, 0.6) is 0 Å². The van der Waals surface area contributed by atoms with Gasteiger partial charge in [0, 0.05) is 20.7 Å². The maximum Gasteiger partial charge on any atom is 0.327 e. The third-order valence-corrected chi connectivity index (χ3v) is 5.62. The molecule has 0 unspecified atom stereocenters. The number of H-pyrrole nitrogens is 1. The number of nitrogens with zero attached hydrogens (tertiary/aromatic N) is 5. The molecular formula is C24H25FN6O2. The quantitative estimate of drug-likeness (QED) is 0.509. The normalized spacial score (nSPS) is 16.0. The lowest BCUT2D eigenvalue weighted by molar-refractivity contribution is 0.0697. The van der Waals surface area contributed by atoms with Crippen molar-refractivity contribution in [1.82, 2.24) is 29.1 Å². The molecule has 33 heavy (non-hydrogen) atoms. The second-order valence-corrected chi connectivity index (χ2v) is 7.76. The van der Waals surface area contributed by atoms with Gasteiger partial charge in [0.2, 0.25) is 5.95 Å². The first-order chi connectivity index (χ1) is 16.2. The molecule has 6 rings (SSSR count). The van der Waals surface area contributed by atoms with Gasteiger partial charge in [-0.2, -0.15) is 4.98 Å². The van der Waals surface area contributed by atoms with Crippen LogP contribution in [0.2, 0.25) is 0 Å². The molecule has 8 nitrogen and oxygen atoms in total. The van der Waals surface area contributed by atoms with Crippen LogP contribution < -0.4 is 16.4 Å². The molecule has 1 fully saturated rings. The summed E-state index contributed by atoms with van der Waals surface area (Å²) in [4.78, 5) is 28.6. The average molecular weight is 449 g/mol. The predicted molar refractivity (Wildman–Crippen MR) is 125 cm³/mol. The molecule has 0 spiro atoms. The monoisotopic (exact) mass is 448 g/mol. The smallest absolute Gasteiger partial charge is 0.327 e. The van der Waals surface area contributed by atoms with Crippen LogP contribution in [-0.2, 0) is 4.74 Å². The Morgan fingerprint density at radius 2 is 1.79 bits per heavy atom. The molecule has 0 bridgehead atoms. The molecule has 0 amide bonds. The lowest BCUT2D eigenvalue weighted by Gasteiger charge is -2.22. The number of halogens is 1. The van der Waals surface area contributed by atoms with E-state index in [1.165, 1.54) is 12.2 Å². The van der Waals surface area contributed by atoms with Crippen LogP contribution in [0.1, 0.15) is 26.7 Å². The Morgan fingerprint density at radius 1 is 1.06 bits per heavy atom. The first-order valence-corrected chi connectivity index (χ1v) is 10.9. The Kier molecular flexibility index (Phi) is 5.95. The lowest BCUT2D eigenvalue weighted by atomic mass is 10.1. The SMILES string of the molecule is O=c1[nH]c2cnc(-n3cnc4c3=CC(F)=CCC=4)nc2n1C1CCOCC1.[HH].c1ccccc1. The molecule has 4 aromatic rings. The maximum atomic E-state index is 13.9. The van der Waals surface area contributed by atoms with Gasteiger partial charge < -0.3 is 9.72 Å². The molecule has 0 saturated carbocycles. The van der Waals surface area contributed by atoms with Crippen molar-refractivity contribution >= 4 is 23.3 Å². The number of imidazole rings is 2. The number of hydrogen-bond donors (Lipinski definition) is 1. The van der Waals surface area contributed by atoms with Crippen LogP contribution in [-0.4, -0.2) is 42.3 Å². The zero-order valence-corrected chi connectivity index (χ0v) is 17.9. The van der Waals surface area contributed by atoms with E-state index in [0.29, 0.717) is 47.4 Å². The van der Waals surface area contributed by atoms with Crippen molar-refractivity contribution in [1.29, 1.82) is 0 Å². The molecule has 2 aliphatic rings. The second-order valence-electron chi connectivity index (χ2n) is 7.76. The van der Waals surface area contributed by atoms with Crippen LogP contribution in [0.3, 0.4) is 0 Å². The molecule has 0 radical (unpaired) electrons. The van der Waals surface area contributed by atoms with Gasteiger partial charge in [0.1, 0.15) is 17.7 Å². The Labute approximate surface area is 189 Å². The number of nitrogens with one attached hydrogen (secondary N) is 1. The van der Waals surface area contributed by atoms with Crippen LogP contribution in [0.15, 0.2) is 65.6 Å². The minimum atomic E-state index is -0.325. The van der Waals surface area contributed by atoms with E-state index in [2.05, 4.69) is 19.9 Å². The minimum Gasteiger partial charge on any atom is -0.381 e. The van der Waals surface area contributed by atoms with Gasteiger partial charge in [-0.25, -0.2) is 19.2 Å². The zero-order chi connectivity index (χ0) is 22.6. The highest BCUT2D eigenvalue weighted by Crippen LogP contribution is 2.22. The van der Waals surface area contributed by atoms with Crippen molar-refractivity contribution in [2.24, 2.45) is 0 Å². The van der Waals surface area contributed by atoms with Crippen molar-refractivity contribution in [2.45, 2.75) is 25.3 Å². The van der Waals surface area contributed by atoms with Gasteiger partial charge in [-0.05, 0) is 31.4 Å². The molecule has 4 heterocycles. The van der Waals surface area contributed by atoms with Gasteiger partial charge in [-0.15, -0.1) is 0 Å². The number of ether oxygens (including phenoxy) is 1. The summed E-state index contributed by atoms with van der Waals surface area (Å²) in [5, 5.41) is 1.26. The predicted octanol–water partition coefficient (Wildman–Crippen LogP) is 2.41. The highest BCUT2D eigenvalue weighted by atomic mass is 19.1. The average Bonchev–Trinajstić information content (AvgIpc) is 3.34. The first kappa shape index (κ1) is 21.0. The van der Waals surface area contributed by atoms with Gasteiger partial charge in [-0.3, -0.25) is 9.13 Å². The van der Waals surface area contributed by atoms with E-state index in [9.17, 15) is 9.18 Å². The molecular weight excluding hydrogens is 423 g/mol. The Balaban J connectivity index is 0.000000344. The number of benzene rings is 1. The number of hydrogen-bond acceptors (Lipinski definition) is 5. The molecule has 170 valence electrons. The van der Waals surface area contributed by atoms with E-state index >= 15 is 0 Å². The Bertz CT molecular complexity index is 1440. The van der Waals surface area contributed by atoms with E-state index < -0.39 is 0 Å². The third kappa shape index (κ3) is 4.40. The van der Waals surface area contributed by atoms with Crippen LogP contribution >= 0.6 is 0 Å². The third-order valence-electron chi connectivity index (χ3n) is 5.62. The molecule has 3 aromatic heterocycles. The number of aromatic amines is 1. The fourth-order valence-electron chi connectivity index (χ4n) is 3.99. The van der Waals surface area contributed by atoms with Crippen molar-refractivity contribution in [3.63, 3.8) is 0 Å². The van der Waals surface area contributed by atoms with Crippen molar-refractivity contribution in [2.75, 3.05) is 13.2 Å². The molecule has 0 atom stereocenters. The van der Waals surface area contributed by atoms with Gasteiger partial charge in [-0.1, -0.05) is 42.5 Å².